The third-order valence-electron chi connectivity index (χ3n) is 2.39. The van der Waals surface area contributed by atoms with Gasteiger partial charge in [-0.2, -0.15) is 8.42 Å². The van der Waals surface area contributed by atoms with Crippen molar-refractivity contribution in [2.75, 3.05) is 5.32 Å². The summed E-state index contributed by atoms with van der Waals surface area (Å²) in [7, 11) is -4.67. The van der Waals surface area contributed by atoms with Crippen molar-refractivity contribution < 1.29 is 17.5 Å². The van der Waals surface area contributed by atoms with Gasteiger partial charge in [-0.1, -0.05) is 24.3 Å². The molecule has 0 atom stereocenters. The second-order valence-electron chi connectivity index (χ2n) is 3.75. The number of hydrogen-bond donors (Lipinski definition) is 4. The topological polar surface area (TPSA) is 125 Å². The first kappa shape index (κ1) is 13.3. The van der Waals surface area contributed by atoms with Gasteiger partial charge >= 0.3 is 10.4 Å². The minimum absolute atomic E-state index is 0.455. The molecule has 8 heteroatoms. The molecule has 0 fully saturated rings. The number of benzene rings is 2. The summed E-state index contributed by atoms with van der Waals surface area (Å²) in [5, 5.41) is 5.38. The molecule has 100 valence electrons. The minimum atomic E-state index is -4.67. The number of aliphatic imine (C=N–C) groups is 1. The molecule has 0 radical (unpaired) electrons. The van der Waals surface area contributed by atoms with Crippen molar-refractivity contribution in [1.29, 1.82) is 0 Å². The van der Waals surface area contributed by atoms with Crippen LogP contribution in [0.25, 0.3) is 10.8 Å². The molecule has 2 aromatic rings. The fourth-order valence-corrected chi connectivity index (χ4v) is 1.81. The number of nitrogens with zero attached hydrogens (tertiary/aromatic N) is 1. The highest BCUT2D eigenvalue weighted by molar-refractivity contribution is 7.79. The second-order valence-corrected chi connectivity index (χ2v) is 4.65. The van der Waals surface area contributed by atoms with E-state index in [1.165, 1.54) is 5.39 Å². The van der Waals surface area contributed by atoms with Crippen LogP contribution in [-0.2, 0) is 10.4 Å². The van der Waals surface area contributed by atoms with Crippen molar-refractivity contribution in [3.05, 3.63) is 36.4 Å². The number of nitrogens with two attached hydrogens (primary N) is 1. The summed E-state index contributed by atoms with van der Waals surface area (Å²) in [5.74, 6) is 0.455. The Morgan fingerprint density at radius 1 is 1.11 bits per heavy atom. The van der Waals surface area contributed by atoms with Crippen molar-refractivity contribution in [3.8, 4) is 0 Å². The SMILES string of the molecule is NC1=Nc2cccc3cccc(c23)N1.O=S(=O)(O)O. The van der Waals surface area contributed by atoms with Crippen LogP contribution in [0.2, 0.25) is 0 Å². The van der Waals surface area contributed by atoms with Crippen LogP contribution in [0.1, 0.15) is 0 Å². The molecule has 1 heterocycles. The Bertz CT molecular complexity index is 742. The molecule has 0 saturated carbocycles. The summed E-state index contributed by atoms with van der Waals surface area (Å²) in [6.07, 6.45) is 0. The number of rotatable bonds is 0. The maximum absolute atomic E-state index is 8.74. The lowest BCUT2D eigenvalue weighted by molar-refractivity contribution is 0.381. The van der Waals surface area contributed by atoms with Crippen LogP contribution in [-0.4, -0.2) is 23.5 Å². The van der Waals surface area contributed by atoms with Gasteiger partial charge in [0, 0.05) is 5.39 Å². The smallest absolute Gasteiger partial charge is 0.369 e. The van der Waals surface area contributed by atoms with Crippen LogP contribution >= 0.6 is 0 Å². The van der Waals surface area contributed by atoms with E-state index in [1.807, 2.05) is 24.3 Å². The molecule has 0 aliphatic carbocycles. The average Bonchev–Trinajstić information content (AvgIpc) is 2.26. The van der Waals surface area contributed by atoms with E-state index >= 15 is 0 Å². The quantitative estimate of drug-likeness (QED) is 0.543. The van der Waals surface area contributed by atoms with Crippen LogP contribution in [0, 0.1) is 0 Å². The Morgan fingerprint density at radius 3 is 2.32 bits per heavy atom. The van der Waals surface area contributed by atoms with Crippen molar-refractivity contribution in [3.63, 3.8) is 0 Å². The normalized spacial score (nSPS) is 13.1. The first-order valence-electron chi connectivity index (χ1n) is 5.17. The summed E-state index contributed by atoms with van der Waals surface area (Å²) in [5.41, 5.74) is 7.64. The van der Waals surface area contributed by atoms with Gasteiger partial charge in [0.15, 0.2) is 5.96 Å². The van der Waals surface area contributed by atoms with Gasteiger partial charge in [-0.15, -0.1) is 0 Å². The van der Waals surface area contributed by atoms with E-state index < -0.39 is 10.4 Å². The monoisotopic (exact) mass is 281 g/mol. The van der Waals surface area contributed by atoms with Gasteiger partial charge in [0.05, 0.1) is 11.4 Å². The fraction of sp³-hybridized carbons (Fsp3) is 0. The maximum atomic E-state index is 8.74. The molecule has 2 aromatic carbocycles. The second kappa shape index (κ2) is 4.84. The van der Waals surface area contributed by atoms with Gasteiger partial charge in [0.1, 0.15) is 0 Å². The zero-order chi connectivity index (χ0) is 14.0. The Balaban J connectivity index is 0.000000232. The predicted octanol–water partition coefficient (Wildman–Crippen LogP) is 1.56. The lowest BCUT2D eigenvalue weighted by Gasteiger charge is -2.15. The molecule has 7 nitrogen and oxygen atoms in total. The highest BCUT2D eigenvalue weighted by Crippen LogP contribution is 2.34. The number of anilines is 1. The molecule has 0 bridgehead atoms. The highest BCUT2D eigenvalue weighted by Gasteiger charge is 2.10. The van der Waals surface area contributed by atoms with Crippen LogP contribution in [0.4, 0.5) is 11.4 Å². The molecule has 1 aliphatic rings. The Labute approximate surface area is 109 Å². The zero-order valence-corrected chi connectivity index (χ0v) is 10.4. The average molecular weight is 281 g/mol. The van der Waals surface area contributed by atoms with E-state index in [9.17, 15) is 0 Å². The Kier molecular flexibility index (Phi) is 3.38. The standard InChI is InChI=1S/C11H9N3.H2O4S/c12-11-13-8-5-1-3-7-4-2-6-9(14-11)10(7)8;1-5(2,3)4/h1-6H,(H3,12,13,14);(H2,1,2,3,4). The molecule has 0 unspecified atom stereocenters. The number of hydrogen-bond acceptors (Lipinski definition) is 5. The van der Waals surface area contributed by atoms with E-state index in [2.05, 4.69) is 22.4 Å². The molecule has 5 N–H and O–H groups in total. The van der Waals surface area contributed by atoms with Crippen LogP contribution < -0.4 is 11.1 Å². The molecule has 3 rings (SSSR count). The summed E-state index contributed by atoms with van der Waals surface area (Å²) < 4.78 is 31.6. The summed E-state index contributed by atoms with van der Waals surface area (Å²) in [6.45, 7) is 0. The molecular weight excluding hydrogens is 270 g/mol. The molecular formula is C11H11N3O4S. The van der Waals surface area contributed by atoms with Crippen LogP contribution in [0.15, 0.2) is 41.4 Å². The zero-order valence-electron chi connectivity index (χ0n) is 9.61. The van der Waals surface area contributed by atoms with Gasteiger partial charge in [-0.25, -0.2) is 4.99 Å². The van der Waals surface area contributed by atoms with Crippen LogP contribution in [0.5, 0.6) is 0 Å². The van der Waals surface area contributed by atoms with E-state index in [1.54, 1.807) is 0 Å². The summed E-state index contributed by atoms with van der Waals surface area (Å²) >= 11 is 0. The van der Waals surface area contributed by atoms with Gasteiger partial charge in [0.25, 0.3) is 0 Å². The minimum Gasteiger partial charge on any atom is -0.369 e. The third-order valence-corrected chi connectivity index (χ3v) is 2.39. The van der Waals surface area contributed by atoms with Crippen molar-refractivity contribution in [2.45, 2.75) is 0 Å². The van der Waals surface area contributed by atoms with Crippen LogP contribution in [0.3, 0.4) is 0 Å². The molecule has 19 heavy (non-hydrogen) atoms. The van der Waals surface area contributed by atoms with E-state index in [0.717, 1.165) is 16.8 Å². The van der Waals surface area contributed by atoms with Gasteiger partial charge in [0.2, 0.25) is 0 Å². The summed E-state index contributed by atoms with van der Waals surface area (Å²) in [6, 6.07) is 12.1. The van der Waals surface area contributed by atoms with E-state index in [0.29, 0.717) is 5.96 Å². The van der Waals surface area contributed by atoms with Gasteiger partial charge in [-0.3, -0.25) is 9.11 Å². The van der Waals surface area contributed by atoms with Gasteiger partial charge < -0.3 is 11.1 Å². The predicted molar refractivity (Wildman–Crippen MR) is 73.0 cm³/mol. The first-order chi connectivity index (χ1) is 8.84. The molecule has 0 aromatic heterocycles. The first-order valence-corrected chi connectivity index (χ1v) is 6.57. The summed E-state index contributed by atoms with van der Waals surface area (Å²) in [4.78, 5) is 4.25. The fourth-order valence-electron chi connectivity index (χ4n) is 1.81. The van der Waals surface area contributed by atoms with Crippen molar-refractivity contribution in [1.82, 2.24) is 0 Å². The van der Waals surface area contributed by atoms with Gasteiger partial charge in [-0.05, 0) is 17.5 Å². The lowest BCUT2D eigenvalue weighted by Crippen LogP contribution is -2.23. The van der Waals surface area contributed by atoms with Crippen molar-refractivity contribution in [2.24, 2.45) is 10.7 Å². The molecule has 1 aliphatic heterocycles. The number of guanidine groups is 1. The highest BCUT2D eigenvalue weighted by atomic mass is 32.3. The number of nitrogens with one attached hydrogen (secondary N) is 1. The molecule has 0 saturated heterocycles. The maximum Gasteiger partial charge on any atom is 0.394 e. The Hall–Kier alpha value is -2.16. The van der Waals surface area contributed by atoms with E-state index in [4.69, 9.17) is 23.3 Å². The molecule has 0 spiro atoms. The lowest BCUT2D eigenvalue weighted by atomic mass is 10.1. The van der Waals surface area contributed by atoms with E-state index in [-0.39, 0.29) is 0 Å². The largest absolute Gasteiger partial charge is 0.394 e. The third kappa shape index (κ3) is 3.41. The Morgan fingerprint density at radius 2 is 1.68 bits per heavy atom. The van der Waals surface area contributed by atoms with Crippen molar-refractivity contribution >= 4 is 38.5 Å². The molecule has 0 amide bonds.